The van der Waals surface area contributed by atoms with Gasteiger partial charge in [0, 0.05) is 13.1 Å². The summed E-state index contributed by atoms with van der Waals surface area (Å²) in [6, 6.07) is 6.14. The summed E-state index contributed by atoms with van der Waals surface area (Å²) in [4.78, 5) is 14.2. The Kier molecular flexibility index (Phi) is 7.68. The van der Waals surface area contributed by atoms with Gasteiger partial charge in [-0.15, -0.1) is 0 Å². The number of likely N-dealkylation sites (tertiary alicyclic amines) is 1. The highest BCUT2D eigenvalue weighted by molar-refractivity contribution is 7.93. The van der Waals surface area contributed by atoms with Crippen LogP contribution in [0.15, 0.2) is 29.2 Å². The van der Waals surface area contributed by atoms with Crippen LogP contribution in [0.5, 0.6) is 5.75 Å². The van der Waals surface area contributed by atoms with Crippen molar-refractivity contribution in [1.29, 1.82) is 0 Å². The zero-order chi connectivity index (χ0) is 19.9. The average Bonchev–Trinajstić information content (AvgIpc) is 2.67. The molecule has 0 aliphatic carbocycles. The monoisotopic (exact) mass is 397 g/mol. The van der Waals surface area contributed by atoms with Crippen LogP contribution in [0.3, 0.4) is 0 Å². The molecule has 1 heterocycles. The van der Waals surface area contributed by atoms with Crippen molar-refractivity contribution in [3.05, 3.63) is 24.3 Å². The summed E-state index contributed by atoms with van der Waals surface area (Å²) in [5, 5.41) is 9.82. The summed E-state index contributed by atoms with van der Waals surface area (Å²) in [7, 11) is -3.99. The first kappa shape index (κ1) is 21.7. The van der Waals surface area contributed by atoms with Crippen molar-refractivity contribution in [2.45, 2.75) is 62.0 Å². The minimum atomic E-state index is -3.99. The molecule has 1 fully saturated rings. The maximum atomic E-state index is 13.2. The molecule has 27 heavy (non-hydrogen) atoms. The first-order valence-corrected chi connectivity index (χ1v) is 11.3. The number of nitrogens with zero attached hydrogens (tertiary/aromatic N) is 1. The van der Waals surface area contributed by atoms with E-state index in [1.807, 2.05) is 0 Å². The molecule has 1 aromatic rings. The predicted octanol–water partition coefficient (Wildman–Crippen LogP) is 3.36. The molecule has 0 atom stereocenters. The number of ether oxygens (including phenoxy) is 1. The zero-order valence-electron chi connectivity index (χ0n) is 16.3. The van der Waals surface area contributed by atoms with Gasteiger partial charge in [-0.05, 0) is 56.5 Å². The molecule has 0 amide bonds. The number of rotatable bonds is 10. The van der Waals surface area contributed by atoms with Gasteiger partial charge in [-0.1, -0.05) is 26.7 Å². The number of unbranched alkanes of at least 4 members (excludes halogenated alkanes) is 2. The van der Waals surface area contributed by atoms with E-state index in [1.165, 1.54) is 12.1 Å². The Hall–Kier alpha value is -1.60. The molecule has 152 valence electrons. The van der Waals surface area contributed by atoms with Gasteiger partial charge in [0.2, 0.25) is 0 Å². The van der Waals surface area contributed by atoms with Crippen molar-refractivity contribution in [3.8, 4) is 5.75 Å². The first-order chi connectivity index (χ1) is 12.9. The fourth-order valence-electron chi connectivity index (χ4n) is 3.39. The van der Waals surface area contributed by atoms with Crippen molar-refractivity contribution in [3.63, 3.8) is 0 Å². The maximum Gasteiger partial charge on any atom is 0.325 e. The quantitative estimate of drug-likeness (QED) is 0.610. The van der Waals surface area contributed by atoms with Gasteiger partial charge in [0.15, 0.2) is 14.6 Å². The van der Waals surface area contributed by atoms with E-state index in [0.717, 1.165) is 32.2 Å². The summed E-state index contributed by atoms with van der Waals surface area (Å²) >= 11 is 0. The van der Waals surface area contributed by atoms with Crippen LogP contribution in [-0.2, 0) is 14.6 Å². The zero-order valence-corrected chi connectivity index (χ0v) is 17.1. The normalized spacial score (nSPS) is 17.6. The number of carboxylic acid groups (broad SMARTS) is 1. The third kappa shape index (κ3) is 4.82. The lowest BCUT2D eigenvalue weighted by Gasteiger charge is -2.38. The largest absolute Gasteiger partial charge is 0.494 e. The van der Waals surface area contributed by atoms with Gasteiger partial charge in [0.05, 0.1) is 11.5 Å². The number of carboxylic acids is 1. The van der Waals surface area contributed by atoms with Crippen molar-refractivity contribution >= 4 is 15.8 Å². The smallest absolute Gasteiger partial charge is 0.325 e. The van der Waals surface area contributed by atoms with Crippen LogP contribution in [0, 0.1) is 0 Å². The van der Waals surface area contributed by atoms with E-state index in [2.05, 4.69) is 18.7 Å². The third-order valence-corrected chi connectivity index (χ3v) is 7.80. The summed E-state index contributed by atoms with van der Waals surface area (Å²) in [6.45, 7) is 6.61. The lowest BCUT2D eigenvalue weighted by atomic mass is 9.95. The van der Waals surface area contributed by atoms with Crippen molar-refractivity contribution in [2.75, 3.05) is 26.2 Å². The first-order valence-electron chi connectivity index (χ1n) is 9.80. The molecular formula is C20H31NO5S. The Bertz CT molecular complexity index is 706. The molecule has 1 N–H and O–H groups in total. The molecule has 6 nitrogen and oxygen atoms in total. The maximum absolute atomic E-state index is 13.2. The number of carbonyl (C=O) groups is 1. The van der Waals surface area contributed by atoms with Gasteiger partial charge in [-0.2, -0.15) is 0 Å². The molecule has 0 radical (unpaired) electrons. The second kappa shape index (κ2) is 9.55. The second-order valence-electron chi connectivity index (χ2n) is 7.17. The molecule has 0 unspecified atom stereocenters. The van der Waals surface area contributed by atoms with Gasteiger partial charge in [0.25, 0.3) is 0 Å². The predicted molar refractivity (Wildman–Crippen MR) is 105 cm³/mol. The van der Waals surface area contributed by atoms with Crippen LogP contribution in [0.2, 0.25) is 0 Å². The molecule has 0 spiro atoms. The SMILES string of the molecule is CCCCOc1ccc(S(=O)(=O)C2(C(=O)O)CCN(CCCC)CC2)cc1. The molecule has 1 aliphatic heterocycles. The molecule has 7 heteroatoms. The Morgan fingerprint density at radius 2 is 1.70 bits per heavy atom. The van der Waals surface area contributed by atoms with E-state index in [0.29, 0.717) is 25.4 Å². The topological polar surface area (TPSA) is 83.9 Å². The lowest BCUT2D eigenvalue weighted by Crippen LogP contribution is -2.54. The van der Waals surface area contributed by atoms with E-state index in [9.17, 15) is 18.3 Å². The summed E-state index contributed by atoms with van der Waals surface area (Å²) in [6.07, 6.45) is 4.27. The summed E-state index contributed by atoms with van der Waals surface area (Å²) < 4.78 is 30.2. The highest BCUT2D eigenvalue weighted by Crippen LogP contribution is 2.36. The second-order valence-corrected chi connectivity index (χ2v) is 9.43. The van der Waals surface area contributed by atoms with Crippen molar-refractivity contribution in [2.24, 2.45) is 0 Å². The van der Waals surface area contributed by atoms with Gasteiger partial charge in [0.1, 0.15) is 5.75 Å². The highest BCUT2D eigenvalue weighted by Gasteiger charge is 2.53. The van der Waals surface area contributed by atoms with Crippen molar-refractivity contribution < 1.29 is 23.1 Å². The van der Waals surface area contributed by atoms with Crippen LogP contribution in [0.1, 0.15) is 52.4 Å². The third-order valence-electron chi connectivity index (χ3n) is 5.30. The van der Waals surface area contributed by atoms with Gasteiger partial charge >= 0.3 is 5.97 Å². The lowest BCUT2D eigenvalue weighted by molar-refractivity contribution is -0.141. The van der Waals surface area contributed by atoms with Crippen molar-refractivity contribution in [1.82, 2.24) is 4.90 Å². The number of hydrogen-bond acceptors (Lipinski definition) is 5. The van der Waals surface area contributed by atoms with Crippen LogP contribution in [0.4, 0.5) is 0 Å². The van der Waals surface area contributed by atoms with E-state index in [-0.39, 0.29) is 17.7 Å². The van der Waals surface area contributed by atoms with E-state index >= 15 is 0 Å². The van der Waals surface area contributed by atoms with Gasteiger partial charge in [-0.3, -0.25) is 4.79 Å². The Labute approximate surface area is 162 Å². The molecule has 0 aromatic heterocycles. The Morgan fingerprint density at radius 1 is 1.11 bits per heavy atom. The Balaban J connectivity index is 2.17. The van der Waals surface area contributed by atoms with E-state index < -0.39 is 20.6 Å². The molecule has 1 aromatic carbocycles. The van der Waals surface area contributed by atoms with Gasteiger partial charge in [-0.25, -0.2) is 8.42 Å². The summed E-state index contributed by atoms with van der Waals surface area (Å²) in [5.41, 5.74) is 0. The fourth-order valence-corrected chi connectivity index (χ4v) is 5.29. The molecule has 0 bridgehead atoms. The van der Waals surface area contributed by atoms with Gasteiger partial charge < -0.3 is 14.7 Å². The van der Waals surface area contributed by atoms with E-state index in [1.54, 1.807) is 12.1 Å². The number of hydrogen-bond donors (Lipinski definition) is 1. The number of benzene rings is 1. The molecular weight excluding hydrogens is 366 g/mol. The summed E-state index contributed by atoms with van der Waals surface area (Å²) in [5.74, 6) is -0.651. The average molecular weight is 398 g/mol. The van der Waals surface area contributed by atoms with Crippen LogP contribution < -0.4 is 4.74 Å². The Morgan fingerprint density at radius 3 is 2.22 bits per heavy atom. The minimum absolute atomic E-state index is 0.0507. The fraction of sp³-hybridized carbons (Fsp3) is 0.650. The molecule has 0 saturated carbocycles. The number of aliphatic carboxylic acids is 1. The molecule has 1 aliphatic rings. The number of piperidine rings is 1. The molecule has 1 saturated heterocycles. The van der Waals surface area contributed by atoms with Crippen LogP contribution >= 0.6 is 0 Å². The van der Waals surface area contributed by atoms with Crippen LogP contribution in [-0.4, -0.2) is 55.4 Å². The number of sulfone groups is 1. The standard InChI is InChI=1S/C20H31NO5S/c1-3-5-13-21-14-11-20(12-15-21,19(22)23)27(24,25)18-9-7-17(8-10-18)26-16-6-4-2/h7-10H,3-6,11-16H2,1-2H3,(H,22,23). The van der Waals surface area contributed by atoms with E-state index in [4.69, 9.17) is 4.74 Å². The molecule has 2 rings (SSSR count). The minimum Gasteiger partial charge on any atom is -0.494 e. The highest BCUT2D eigenvalue weighted by atomic mass is 32.2. The van der Waals surface area contributed by atoms with Crippen LogP contribution in [0.25, 0.3) is 0 Å².